The average molecular weight is 397 g/mol. The molecule has 0 bridgehead atoms. The molecule has 2 fully saturated rings. The predicted molar refractivity (Wildman–Crippen MR) is 102 cm³/mol. The van der Waals surface area contributed by atoms with Crippen LogP contribution in [0.3, 0.4) is 0 Å². The molecule has 1 heterocycles. The molecule has 0 spiro atoms. The summed E-state index contributed by atoms with van der Waals surface area (Å²) in [5.41, 5.74) is -0.141. The Morgan fingerprint density at radius 1 is 1.15 bits per heavy atom. The van der Waals surface area contributed by atoms with E-state index in [2.05, 4.69) is 0 Å². The highest BCUT2D eigenvalue weighted by Crippen LogP contribution is 2.36. The lowest BCUT2D eigenvalue weighted by Gasteiger charge is -2.41. The minimum atomic E-state index is -3.73. The Morgan fingerprint density at radius 2 is 1.81 bits per heavy atom. The molecule has 1 aliphatic carbocycles. The van der Waals surface area contributed by atoms with Gasteiger partial charge < -0.3 is 4.90 Å². The van der Waals surface area contributed by atoms with Crippen LogP contribution in [-0.2, 0) is 10.0 Å². The normalized spacial score (nSPS) is 23.3. The molecule has 3 rings (SSSR count). The lowest BCUT2D eigenvalue weighted by atomic mass is 9.75. The number of amides is 1. The van der Waals surface area contributed by atoms with Crippen LogP contribution in [0.2, 0.25) is 0 Å². The summed E-state index contributed by atoms with van der Waals surface area (Å²) in [5, 5.41) is 0. The maximum absolute atomic E-state index is 14.4. The highest BCUT2D eigenvalue weighted by molar-refractivity contribution is 7.89. The van der Waals surface area contributed by atoms with Gasteiger partial charge in [-0.15, -0.1) is 0 Å². The van der Waals surface area contributed by atoms with Crippen molar-refractivity contribution in [3.63, 3.8) is 0 Å². The van der Waals surface area contributed by atoms with Gasteiger partial charge in [-0.3, -0.25) is 4.79 Å². The van der Waals surface area contributed by atoms with E-state index in [-0.39, 0.29) is 10.5 Å². The average Bonchev–Trinajstić information content (AvgIpc) is 2.68. The first kappa shape index (κ1) is 20.3. The quantitative estimate of drug-likeness (QED) is 0.765. The van der Waals surface area contributed by atoms with Crippen molar-refractivity contribution in [3.05, 3.63) is 29.6 Å². The number of nitrogens with zero attached hydrogens (tertiary/aromatic N) is 2. The van der Waals surface area contributed by atoms with Crippen LogP contribution in [0.25, 0.3) is 0 Å². The Hall–Kier alpha value is -1.47. The van der Waals surface area contributed by atoms with Crippen molar-refractivity contribution >= 4 is 15.9 Å². The first-order valence-corrected chi connectivity index (χ1v) is 11.4. The molecule has 1 saturated heterocycles. The maximum Gasteiger partial charge on any atom is 0.256 e. The summed E-state index contributed by atoms with van der Waals surface area (Å²) in [5.74, 6) is 0.0986. The minimum absolute atomic E-state index is 0.0245. The van der Waals surface area contributed by atoms with Gasteiger partial charge in [0.25, 0.3) is 5.91 Å². The molecule has 1 aromatic rings. The van der Waals surface area contributed by atoms with Gasteiger partial charge in [-0.1, -0.05) is 33.1 Å². The fraction of sp³-hybridized carbons (Fsp3) is 0.650. The third-order valence-electron chi connectivity index (χ3n) is 6.09. The Labute approximate surface area is 161 Å². The zero-order valence-electron chi connectivity index (χ0n) is 16.2. The lowest BCUT2D eigenvalue weighted by molar-refractivity contribution is 0.0516. The third kappa shape index (κ3) is 4.04. The van der Waals surface area contributed by atoms with Gasteiger partial charge in [0.2, 0.25) is 10.0 Å². The van der Waals surface area contributed by atoms with Gasteiger partial charge >= 0.3 is 0 Å². The topological polar surface area (TPSA) is 57.7 Å². The standard InChI is InChI=1S/C20H29FN2O3S/c1-3-23(4-2)27(25,26)17-9-10-19(21)18(13-17)20(24)22-12-11-15-7-5-6-8-16(15)14-22/h9-10,13,15-16H,3-8,11-12,14H2,1-2H3/t15-,16+/m1/s1. The number of likely N-dealkylation sites (tertiary alicyclic amines) is 1. The highest BCUT2D eigenvalue weighted by atomic mass is 32.2. The number of rotatable bonds is 5. The molecule has 0 N–H and O–H groups in total. The minimum Gasteiger partial charge on any atom is -0.338 e. The molecule has 5 nitrogen and oxygen atoms in total. The van der Waals surface area contributed by atoms with Crippen molar-refractivity contribution in [2.24, 2.45) is 11.8 Å². The summed E-state index contributed by atoms with van der Waals surface area (Å²) in [6.45, 7) is 5.43. The number of carbonyl (C=O) groups excluding carboxylic acids is 1. The molecule has 1 saturated carbocycles. The predicted octanol–water partition coefficient (Wildman–Crippen LogP) is 3.51. The summed E-state index contributed by atoms with van der Waals surface area (Å²) in [7, 11) is -3.73. The largest absolute Gasteiger partial charge is 0.338 e. The van der Waals surface area contributed by atoms with Crippen LogP contribution in [0.15, 0.2) is 23.1 Å². The van der Waals surface area contributed by atoms with Crippen molar-refractivity contribution in [2.75, 3.05) is 26.2 Å². The van der Waals surface area contributed by atoms with Crippen molar-refractivity contribution in [1.29, 1.82) is 0 Å². The van der Waals surface area contributed by atoms with E-state index in [1.54, 1.807) is 18.7 Å². The summed E-state index contributed by atoms with van der Waals surface area (Å²) in [6, 6.07) is 3.54. The molecule has 2 aliphatic rings. The molecule has 1 aromatic carbocycles. The summed E-state index contributed by atoms with van der Waals surface area (Å²) < 4.78 is 41.2. The second-order valence-electron chi connectivity index (χ2n) is 7.58. The van der Waals surface area contributed by atoms with Crippen LogP contribution in [0, 0.1) is 17.7 Å². The van der Waals surface area contributed by atoms with Crippen LogP contribution in [0.5, 0.6) is 0 Å². The molecule has 7 heteroatoms. The highest BCUT2D eigenvalue weighted by Gasteiger charge is 2.34. The Balaban J connectivity index is 1.85. The van der Waals surface area contributed by atoms with Gasteiger partial charge in [0.05, 0.1) is 10.5 Å². The third-order valence-corrected chi connectivity index (χ3v) is 8.14. The van der Waals surface area contributed by atoms with Crippen LogP contribution < -0.4 is 0 Å². The van der Waals surface area contributed by atoms with Crippen molar-refractivity contribution in [2.45, 2.75) is 50.8 Å². The number of benzene rings is 1. The van der Waals surface area contributed by atoms with Gasteiger partial charge in [-0.2, -0.15) is 4.31 Å². The molecular formula is C20H29FN2O3S. The van der Waals surface area contributed by atoms with Crippen LogP contribution in [0.1, 0.15) is 56.3 Å². The number of carbonyl (C=O) groups is 1. The second-order valence-corrected chi connectivity index (χ2v) is 9.51. The Morgan fingerprint density at radius 3 is 2.48 bits per heavy atom. The molecular weight excluding hydrogens is 367 g/mol. The van der Waals surface area contributed by atoms with E-state index in [0.29, 0.717) is 38.0 Å². The molecule has 150 valence electrons. The van der Waals surface area contributed by atoms with Crippen molar-refractivity contribution < 1.29 is 17.6 Å². The van der Waals surface area contributed by atoms with Gasteiger partial charge in [0.1, 0.15) is 5.82 Å². The Bertz CT molecular complexity index is 792. The smallest absolute Gasteiger partial charge is 0.256 e. The van der Waals surface area contributed by atoms with E-state index in [4.69, 9.17) is 0 Å². The molecule has 0 aromatic heterocycles. The van der Waals surface area contributed by atoms with E-state index in [1.165, 1.54) is 35.7 Å². The zero-order valence-corrected chi connectivity index (χ0v) is 17.0. The molecule has 27 heavy (non-hydrogen) atoms. The van der Waals surface area contributed by atoms with Gasteiger partial charge in [0, 0.05) is 26.2 Å². The van der Waals surface area contributed by atoms with Crippen LogP contribution in [-0.4, -0.2) is 49.7 Å². The molecule has 1 amide bonds. The number of hydrogen-bond donors (Lipinski definition) is 0. The molecule has 0 unspecified atom stereocenters. The monoisotopic (exact) mass is 396 g/mol. The van der Waals surface area contributed by atoms with Gasteiger partial charge in [-0.05, 0) is 42.9 Å². The fourth-order valence-electron chi connectivity index (χ4n) is 4.50. The number of sulfonamides is 1. The zero-order chi connectivity index (χ0) is 19.6. The SMILES string of the molecule is CCN(CC)S(=O)(=O)c1ccc(F)c(C(=O)N2CC[C@H]3CCCC[C@H]3C2)c1. The van der Waals surface area contributed by atoms with Gasteiger partial charge in [-0.25, -0.2) is 12.8 Å². The first-order chi connectivity index (χ1) is 12.9. The number of piperidine rings is 1. The molecule has 0 radical (unpaired) electrons. The number of fused-ring (bicyclic) bond motifs is 1. The molecule has 1 aliphatic heterocycles. The van der Waals surface area contributed by atoms with Crippen LogP contribution in [0.4, 0.5) is 4.39 Å². The summed E-state index contributed by atoms with van der Waals surface area (Å²) in [4.78, 5) is 14.6. The maximum atomic E-state index is 14.4. The van der Waals surface area contributed by atoms with E-state index >= 15 is 0 Å². The summed E-state index contributed by atoms with van der Waals surface area (Å²) in [6.07, 6.45) is 5.74. The van der Waals surface area contributed by atoms with E-state index < -0.39 is 21.7 Å². The second kappa shape index (κ2) is 8.27. The van der Waals surface area contributed by atoms with E-state index in [1.807, 2.05) is 0 Å². The van der Waals surface area contributed by atoms with Crippen molar-refractivity contribution in [3.8, 4) is 0 Å². The first-order valence-electron chi connectivity index (χ1n) is 9.97. The molecule has 2 atom stereocenters. The fourth-order valence-corrected chi connectivity index (χ4v) is 5.98. The number of hydrogen-bond acceptors (Lipinski definition) is 3. The van der Waals surface area contributed by atoms with E-state index in [9.17, 15) is 17.6 Å². The summed E-state index contributed by atoms with van der Waals surface area (Å²) >= 11 is 0. The van der Waals surface area contributed by atoms with Crippen molar-refractivity contribution in [1.82, 2.24) is 9.21 Å². The number of halogens is 1. The van der Waals surface area contributed by atoms with Gasteiger partial charge in [0.15, 0.2) is 0 Å². The Kier molecular flexibility index (Phi) is 6.21. The van der Waals surface area contributed by atoms with E-state index in [0.717, 1.165) is 18.9 Å². The van der Waals surface area contributed by atoms with Crippen LogP contribution >= 0.6 is 0 Å². The lowest BCUT2D eigenvalue weighted by Crippen LogP contribution is -2.45.